The van der Waals surface area contributed by atoms with Gasteiger partial charge in [-0.3, -0.25) is 4.79 Å². The molecule has 4 heteroatoms. The lowest BCUT2D eigenvalue weighted by molar-refractivity contribution is -0.134. The molecule has 4 rings (SSSR count). The first kappa shape index (κ1) is 16.7. The summed E-state index contributed by atoms with van der Waals surface area (Å²) < 4.78 is 5.59. The average molecular weight is 348 g/mol. The minimum Gasteiger partial charge on any atom is -0.484 e. The molecule has 1 aromatic heterocycles. The second-order valence-corrected chi connectivity index (χ2v) is 6.99. The molecular formula is C22H24N2O2. The van der Waals surface area contributed by atoms with Crippen LogP contribution in [0.4, 0.5) is 0 Å². The Labute approximate surface area is 153 Å². The quantitative estimate of drug-likeness (QED) is 0.757. The number of hydrogen-bond donors (Lipinski definition) is 1. The first-order valence-electron chi connectivity index (χ1n) is 9.30. The summed E-state index contributed by atoms with van der Waals surface area (Å²) in [6.07, 6.45) is 5.32. The molecule has 2 aromatic carbocycles. The maximum atomic E-state index is 12.4. The number of H-pyrrole nitrogens is 1. The van der Waals surface area contributed by atoms with Gasteiger partial charge in [0.15, 0.2) is 6.61 Å². The number of aromatic amines is 1. The van der Waals surface area contributed by atoms with Crippen molar-refractivity contribution < 1.29 is 9.53 Å². The Bertz CT molecular complexity index is 864. The zero-order chi connectivity index (χ0) is 17.8. The standard InChI is InChI=1S/C22H24N2O2/c25-22(16-26-19-6-2-1-3-7-19)24-12-10-17(11-13-24)14-18-15-23-21-9-5-4-8-20(18)21/h1-9,15,17,23H,10-14,16H2. The molecule has 1 aliphatic rings. The summed E-state index contributed by atoms with van der Waals surface area (Å²) in [7, 11) is 0. The summed E-state index contributed by atoms with van der Waals surface area (Å²) in [5.41, 5.74) is 2.59. The highest BCUT2D eigenvalue weighted by molar-refractivity contribution is 5.83. The van der Waals surface area contributed by atoms with Crippen molar-refractivity contribution in [3.05, 3.63) is 66.4 Å². The molecule has 0 aliphatic carbocycles. The van der Waals surface area contributed by atoms with Crippen LogP contribution in [-0.2, 0) is 11.2 Å². The van der Waals surface area contributed by atoms with Gasteiger partial charge in [0, 0.05) is 30.2 Å². The Hall–Kier alpha value is -2.75. The number of carbonyl (C=O) groups is 1. The summed E-state index contributed by atoms with van der Waals surface area (Å²) in [5.74, 6) is 1.46. The fourth-order valence-corrected chi connectivity index (χ4v) is 3.75. The Kier molecular flexibility index (Phi) is 4.91. The molecule has 1 fully saturated rings. The summed E-state index contributed by atoms with van der Waals surface area (Å²) in [4.78, 5) is 17.7. The third kappa shape index (κ3) is 3.74. The van der Waals surface area contributed by atoms with Gasteiger partial charge in [-0.15, -0.1) is 0 Å². The van der Waals surface area contributed by atoms with E-state index in [-0.39, 0.29) is 12.5 Å². The summed E-state index contributed by atoms with van der Waals surface area (Å²) in [6.45, 7) is 1.77. The van der Waals surface area contributed by atoms with Crippen molar-refractivity contribution in [2.45, 2.75) is 19.3 Å². The van der Waals surface area contributed by atoms with Crippen molar-refractivity contribution in [1.82, 2.24) is 9.88 Å². The molecule has 134 valence electrons. The highest BCUT2D eigenvalue weighted by Gasteiger charge is 2.23. The number of benzene rings is 2. The topological polar surface area (TPSA) is 45.3 Å². The van der Waals surface area contributed by atoms with Crippen LogP contribution in [-0.4, -0.2) is 35.5 Å². The molecule has 0 radical (unpaired) electrons. The molecule has 0 saturated carbocycles. The number of ether oxygens (including phenoxy) is 1. The van der Waals surface area contributed by atoms with Crippen molar-refractivity contribution in [3.63, 3.8) is 0 Å². The predicted octanol–water partition coefficient (Wildman–Crippen LogP) is 4.03. The number of nitrogens with zero attached hydrogens (tertiary/aromatic N) is 1. The van der Waals surface area contributed by atoms with Gasteiger partial charge in [0.2, 0.25) is 0 Å². The van der Waals surface area contributed by atoms with E-state index < -0.39 is 0 Å². The van der Waals surface area contributed by atoms with Crippen LogP contribution in [0, 0.1) is 5.92 Å². The molecule has 1 saturated heterocycles. The van der Waals surface area contributed by atoms with Gasteiger partial charge in [-0.25, -0.2) is 0 Å². The van der Waals surface area contributed by atoms with Crippen molar-refractivity contribution in [2.24, 2.45) is 5.92 Å². The Balaban J connectivity index is 1.28. The van der Waals surface area contributed by atoms with E-state index in [2.05, 4.69) is 35.4 Å². The van der Waals surface area contributed by atoms with Crippen LogP contribution in [0.15, 0.2) is 60.8 Å². The van der Waals surface area contributed by atoms with Crippen LogP contribution in [0.25, 0.3) is 10.9 Å². The van der Waals surface area contributed by atoms with E-state index in [1.54, 1.807) is 0 Å². The molecular weight excluding hydrogens is 324 g/mol. The molecule has 0 unspecified atom stereocenters. The monoisotopic (exact) mass is 348 g/mol. The van der Waals surface area contributed by atoms with E-state index in [4.69, 9.17) is 4.74 Å². The third-order valence-corrected chi connectivity index (χ3v) is 5.26. The SMILES string of the molecule is O=C(COc1ccccc1)N1CCC(Cc2c[nH]c3ccccc23)CC1. The fraction of sp³-hybridized carbons (Fsp3) is 0.318. The lowest BCUT2D eigenvalue weighted by Crippen LogP contribution is -2.41. The molecule has 4 nitrogen and oxygen atoms in total. The Morgan fingerprint density at radius 2 is 1.77 bits per heavy atom. The maximum Gasteiger partial charge on any atom is 0.260 e. The number of para-hydroxylation sites is 2. The van der Waals surface area contributed by atoms with Crippen LogP contribution < -0.4 is 4.74 Å². The number of likely N-dealkylation sites (tertiary alicyclic amines) is 1. The number of rotatable bonds is 5. The molecule has 0 bridgehead atoms. The van der Waals surface area contributed by atoms with Crippen LogP contribution in [0.2, 0.25) is 0 Å². The summed E-state index contributed by atoms with van der Waals surface area (Å²) in [6, 6.07) is 18.0. The minimum atomic E-state index is 0.0828. The highest BCUT2D eigenvalue weighted by Crippen LogP contribution is 2.26. The van der Waals surface area contributed by atoms with Gasteiger partial charge < -0.3 is 14.6 Å². The number of nitrogens with one attached hydrogen (secondary N) is 1. The van der Waals surface area contributed by atoms with Crippen molar-refractivity contribution in [2.75, 3.05) is 19.7 Å². The van der Waals surface area contributed by atoms with E-state index in [1.807, 2.05) is 35.2 Å². The van der Waals surface area contributed by atoms with Gasteiger partial charge in [0.1, 0.15) is 5.75 Å². The maximum absolute atomic E-state index is 12.4. The lowest BCUT2D eigenvalue weighted by atomic mass is 9.90. The average Bonchev–Trinajstić information content (AvgIpc) is 3.10. The van der Waals surface area contributed by atoms with Crippen molar-refractivity contribution in [1.29, 1.82) is 0 Å². The van der Waals surface area contributed by atoms with Gasteiger partial charge in [-0.2, -0.15) is 0 Å². The second-order valence-electron chi connectivity index (χ2n) is 6.99. The Morgan fingerprint density at radius 1 is 1.04 bits per heavy atom. The first-order chi connectivity index (χ1) is 12.8. The Morgan fingerprint density at radius 3 is 2.58 bits per heavy atom. The van der Waals surface area contributed by atoms with Crippen LogP contribution in [0.1, 0.15) is 18.4 Å². The largest absolute Gasteiger partial charge is 0.484 e. The van der Waals surface area contributed by atoms with E-state index in [9.17, 15) is 4.79 Å². The number of fused-ring (bicyclic) bond motifs is 1. The van der Waals surface area contributed by atoms with Gasteiger partial charge in [-0.05, 0) is 48.9 Å². The van der Waals surface area contributed by atoms with Crippen LogP contribution in [0.5, 0.6) is 5.75 Å². The van der Waals surface area contributed by atoms with Gasteiger partial charge in [-0.1, -0.05) is 36.4 Å². The number of amides is 1. The molecule has 26 heavy (non-hydrogen) atoms. The van der Waals surface area contributed by atoms with Crippen LogP contribution >= 0.6 is 0 Å². The van der Waals surface area contributed by atoms with E-state index in [0.29, 0.717) is 5.92 Å². The first-order valence-corrected chi connectivity index (χ1v) is 9.30. The zero-order valence-corrected chi connectivity index (χ0v) is 14.9. The lowest BCUT2D eigenvalue weighted by Gasteiger charge is -2.32. The number of carbonyl (C=O) groups excluding carboxylic acids is 1. The summed E-state index contributed by atoms with van der Waals surface area (Å²) in [5, 5.41) is 1.32. The number of piperidine rings is 1. The summed E-state index contributed by atoms with van der Waals surface area (Å²) >= 11 is 0. The van der Waals surface area contributed by atoms with Crippen molar-refractivity contribution >= 4 is 16.8 Å². The highest BCUT2D eigenvalue weighted by atomic mass is 16.5. The minimum absolute atomic E-state index is 0.0828. The van der Waals surface area contributed by atoms with Crippen molar-refractivity contribution in [3.8, 4) is 5.75 Å². The van der Waals surface area contributed by atoms with Gasteiger partial charge >= 0.3 is 0 Å². The van der Waals surface area contributed by atoms with Gasteiger partial charge in [0.05, 0.1) is 0 Å². The molecule has 1 aliphatic heterocycles. The predicted molar refractivity (Wildman–Crippen MR) is 103 cm³/mol. The fourth-order valence-electron chi connectivity index (χ4n) is 3.75. The molecule has 0 spiro atoms. The molecule has 1 amide bonds. The van der Waals surface area contributed by atoms with E-state index >= 15 is 0 Å². The molecule has 2 heterocycles. The van der Waals surface area contributed by atoms with E-state index in [0.717, 1.165) is 38.1 Å². The smallest absolute Gasteiger partial charge is 0.260 e. The number of hydrogen-bond acceptors (Lipinski definition) is 2. The third-order valence-electron chi connectivity index (χ3n) is 5.26. The van der Waals surface area contributed by atoms with Gasteiger partial charge in [0.25, 0.3) is 5.91 Å². The molecule has 0 atom stereocenters. The van der Waals surface area contributed by atoms with Crippen LogP contribution in [0.3, 0.4) is 0 Å². The van der Waals surface area contributed by atoms with E-state index in [1.165, 1.54) is 16.5 Å². The normalized spacial score (nSPS) is 15.3. The zero-order valence-electron chi connectivity index (χ0n) is 14.9. The number of aromatic nitrogens is 1. The second kappa shape index (κ2) is 7.65. The molecule has 1 N–H and O–H groups in total. The molecule has 3 aromatic rings.